The van der Waals surface area contributed by atoms with Crippen molar-refractivity contribution in [2.75, 3.05) is 20.3 Å². The molecular weight excluding hydrogens is 368 g/mol. The summed E-state index contributed by atoms with van der Waals surface area (Å²) in [5.41, 5.74) is 2.10. The van der Waals surface area contributed by atoms with Crippen LogP contribution in [0, 0.1) is 5.82 Å². The van der Waals surface area contributed by atoms with Crippen LogP contribution in [-0.2, 0) is 4.74 Å². The molecule has 0 N–H and O–H groups in total. The van der Waals surface area contributed by atoms with Crippen LogP contribution in [0.5, 0.6) is 0 Å². The molecule has 2 aliphatic rings. The number of nitrogens with zero attached hydrogens (tertiary/aromatic N) is 1. The van der Waals surface area contributed by atoms with Gasteiger partial charge in [0, 0.05) is 25.7 Å². The Kier molecular flexibility index (Phi) is 6.31. The molecule has 2 fully saturated rings. The van der Waals surface area contributed by atoms with Gasteiger partial charge >= 0.3 is 0 Å². The number of alkyl halides is 1. The van der Waals surface area contributed by atoms with E-state index in [-0.39, 0.29) is 24.7 Å². The fourth-order valence-electron chi connectivity index (χ4n) is 5.52. The Morgan fingerprint density at radius 1 is 0.931 bits per heavy atom. The Morgan fingerprint density at radius 3 is 2.17 bits per heavy atom. The van der Waals surface area contributed by atoms with Gasteiger partial charge in [-0.2, -0.15) is 0 Å². The van der Waals surface area contributed by atoms with Crippen LogP contribution in [0.2, 0.25) is 0 Å². The van der Waals surface area contributed by atoms with Crippen molar-refractivity contribution in [3.63, 3.8) is 0 Å². The van der Waals surface area contributed by atoms with Crippen LogP contribution in [0.4, 0.5) is 8.78 Å². The molecule has 0 aromatic heterocycles. The molecule has 0 spiro atoms. The number of hydrogen-bond donors (Lipinski definition) is 0. The molecule has 29 heavy (non-hydrogen) atoms. The molecule has 0 amide bonds. The summed E-state index contributed by atoms with van der Waals surface area (Å²) >= 11 is 0. The number of benzene rings is 2. The molecule has 2 saturated heterocycles. The second kappa shape index (κ2) is 8.93. The van der Waals surface area contributed by atoms with Gasteiger partial charge in [-0.15, -0.1) is 0 Å². The highest BCUT2D eigenvalue weighted by Gasteiger charge is 2.51. The van der Waals surface area contributed by atoms with Crippen molar-refractivity contribution < 1.29 is 18.0 Å². The minimum Gasteiger partial charge on any atom is -0.365 e. The van der Waals surface area contributed by atoms with Crippen LogP contribution in [0.1, 0.15) is 55.8 Å². The number of halogens is 2. The Morgan fingerprint density at radius 2 is 1.55 bits per heavy atom. The van der Waals surface area contributed by atoms with Gasteiger partial charge < -0.3 is 9.22 Å². The molecule has 3 atom stereocenters. The van der Waals surface area contributed by atoms with E-state index in [1.54, 1.807) is 0 Å². The molecule has 2 aliphatic heterocycles. The lowest BCUT2D eigenvalue weighted by Crippen LogP contribution is -2.59. The van der Waals surface area contributed by atoms with Crippen molar-refractivity contribution in [2.45, 2.75) is 62.8 Å². The number of rotatable bonds is 8. The van der Waals surface area contributed by atoms with Crippen LogP contribution in [0.15, 0.2) is 54.6 Å². The summed E-state index contributed by atoms with van der Waals surface area (Å²) < 4.78 is 33.9. The summed E-state index contributed by atoms with van der Waals surface area (Å²) in [6.07, 6.45) is 6.24. The maximum absolute atomic E-state index is 13.5. The smallest absolute Gasteiger partial charge is 0.123 e. The van der Waals surface area contributed by atoms with Gasteiger partial charge in [0.05, 0.1) is 38.5 Å². The number of ether oxygens (including phenoxy) is 1. The van der Waals surface area contributed by atoms with Gasteiger partial charge in [-0.25, -0.2) is 4.39 Å². The molecule has 0 aliphatic carbocycles. The molecule has 4 rings (SSSR count). The van der Waals surface area contributed by atoms with E-state index >= 15 is 0 Å². The Balaban J connectivity index is 1.50. The minimum absolute atomic E-state index is 0.176. The van der Waals surface area contributed by atoms with Crippen LogP contribution < -0.4 is 0 Å². The van der Waals surface area contributed by atoms with Gasteiger partial charge in [0.2, 0.25) is 0 Å². The van der Waals surface area contributed by atoms with Gasteiger partial charge in [0.1, 0.15) is 11.9 Å². The number of unbranched alkanes of at least 4 members (excludes halogenated alkanes) is 1. The predicted octanol–water partition coefficient (Wildman–Crippen LogP) is 5.82. The Bertz CT molecular complexity index is 765. The Labute approximate surface area is 173 Å². The first kappa shape index (κ1) is 20.5. The number of hydrogen-bond acceptors (Lipinski definition) is 1. The monoisotopic (exact) mass is 400 g/mol. The normalized spacial score (nSPS) is 29.7. The molecular formula is C25H32F2NO+. The molecule has 2 bridgehead atoms. The second-order valence-corrected chi connectivity index (χ2v) is 8.92. The van der Waals surface area contributed by atoms with Crippen molar-refractivity contribution in [1.82, 2.24) is 0 Å². The van der Waals surface area contributed by atoms with Crippen LogP contribution >= 0.6 is 0 Å². The zero-order valence-electron chi connectivity index (χ0n) is 17.3. The lowest BCUT2D eigenvalue weighted by Gasteiger charge is -2.47. The third-order valence-corrected chi connectivity index (χ3v) is 7.20. The van der Waals surface area contributed by atoms with E-state index in [9.17, 15) is 8.78 Å². The average molecular weight is 401 g/mol. The van der Waals surface area contributed by atoms with E-state index < -0.39 is 0 Å². The molecule has 0 saturated carbocycles. The fraction of sp³-hybridized carbons (Fsp3) is 0.520. The van der Waals surface area contributed by atoms with Gasteiger partial charge in [0.15, 0.2) is 0 Å². The van der Waals surface area contributed by atoms with Gasteiger partial charge in [-0.1, -0.05) is 42.5 Å². The first-order valence-corrected chi connectivity index (χ1v) is 11.0. The van der Waals surface area contributed by atoms with Crippen LogP contribution in [0.25, 0.3) is 0 Å². The van der Waals surface area contributed by atoms with Gasteiger partial charge in [0.25, 0.3) is 0 Å². The van der Waals surface area contributed by atoms with E-state index in [0.29, 0.717) is 18.5 Å². The molecule has 2 aromatic carbocycles. The first-order chi connectivity index (χ1) is 14.1. The molecule has 3 unspecified atom stereocenters. The van der Waals surface area contributed by atoms with E-state index in [2.05, 4.69) is 19.2 Å². The molecule has 2 nitrogen and oxygen atoms in total. The molecule has 2 heterocycles. The van der Waals surface area contributed by atoms with Gasteiger partial charge in [-0.05, 0) is 36.1 Å². The van der Waals surface area contributed by atoms with E-state index in [1.807, 2.05) is 30.3 Å². The van der Waals surface area contributed by atoms with Crippen molar-refractivity contribution >= 4 is 0 Å². The number of piperidine rings is 1. The van der Waals surface area contributed by atoms with E-state index in [1.165, 1.54) is 25.0 Å². The Hall–Kier alpha value is -1.78. The summed E-state index contributed by atoms with van der Waals surface area (Å²) in [7, 11) is 2.37. The molecule has 156 valence electrons. The minimum atomic E-state index is -0.224. The van der Waals surface area contributed by atoms with E-state index in [0.717, 1.165) is 41.4 Å². The van der Waals surface area contributed by atoms with Gasteiger partial charge in [-0.3, -0.25) is 4.39 Å². The zero-order valence-corrected chi connectivity index (χ0v) is 17.3. The van der Waals surface area contributed by atoms with Crippen molar-refractivity contribution in [3.8, 4) is 0 Å². The third-order valence-electron chi connectivity index (χ3n) is 7.20. The van der Waals surface area contributed by atoms with Crippen molar-refractivity contribution in [2.24, 2.45) is 0 Å². The quantitative estimate of drug-likeness (QED) is 0.401. The largest absolute Gasteiger partial charge is 0.365 e. The zero-order chi connectivity index (χ0) is 20.3. The van der Waals surface area contributed by atoms with Crippen LogP contribution in [-0.4, -0.2) is 42.9 Å². The van der Waals surface area contributed by atoms with Crippen molar-refractivity contribution in [3.05, 3.63) is 71.5 Å². The third kappa shape index (κ3) is 4.39. The summed E-state index contributed by atoms with van der Waals surface area (Å²) in [6.45, 7) is 0.865. The maximum atomic E-state index is 13.5. The lowest BCUT2D eigenvalue weighted by molar-refractivity contribution is -0.949. The topological polar surface area (TPSA) is 9.23 Å². The SMILES string of the molecule is C[N+]1(CCCCF)C2CCC1CC(OC(c1ccccc1)c1ccc(F)cc1)C2. The maximum Gasteiger partial charge on any atom is 0.123 e. The highest BCUT2D eigenvalue weighted by Crippen LogP contribution is 2.44. The first-order valence-electron chi connectivity index (χ1n) is 11.0. The lowest BCUT2D eigenvalue weighted by atomic mass is 9.94. The predicted molar refractivity (Wildman–Crippen MR) is 112 cm³/mol. The number of quaternary nitrogens is 1. The molecule has 4 heteroatoms. The molecule has 2 aromatic rings. The number of fused-ring (bicyclic) bond motifs is 2. The highest BCUT2D eigenvalue weighted by atomic mass is 19.1. The van der Waals surface area contributed by atoms with Crippen molar-refractivity contribution in [1.29, 1.82) is 0 Å². The second-order valence-electron chi connectivity index (χ2n) is 8.92. The summed E-state index contributed by atoms with van der Waals surface area (Å²) in [5, 5.41) is 0. The fourth-order valence-corrected chi connectivity index (χ4v) is 5.52. The summed E-state index contributed by atoms with van der Waals surface area (Å²) in [6, 6.07) is 18.1. The highest BCUT2D eigenvalue weighted by molar-refractivity contribution is 5.30. The average Bonchev–Trinajstić information content (AvgIpc) is 2.91. The summed E-state index contributed by atoms with van der Waals surface area (Å²) in [5.74, 6) is -0.224. The molecule has 0 radical (unpaired) electrons. The standard InChI is InChI=1S/C25H32F2NO/c1-28(16-6-5-15-26)22-13-14-23(28)18-24(17-22)29-25(19-7-3-2-4-8-19)20-9-11-21(27)12-10-20/h2-4,7-12,22-25H,5-6,13-18H2,1H3/q+1. The van der Waals surface area contributed by atoms with Crippen LogP contribution in [0.3, 0.4) is 0 Å². The van der Waals surface area contributed by atoms with E-state index in [4.69, 9.17) is 4.74 Å². The summed E-state index contributed by atoms with van der Waals surface area (Å²) in [4.78, 5) is 0.